The van der Waals surface area contributed by atoms with Crippen LogP contribution in [-0.4, -0.2) is 18.5 Å². The molecule has 0 unspecified atom stereocenters. The SMILES string of the molecule is Cc1cccc(NC(=O)COC(=O)Cc2c(F)cccc2Cl)c1. The van der Waals surface area contributed by atoms with Crippen molar-refractivity contribution in [2.24, 2.45) is 0 Å². The molecule has 1 amide bonds. The van der Waals surface area contributed by atoms with Crippen LogP contribution in [0.25, 0.3) is 0 Å². The maximum absolute atomic E-state index is 13.6. The van der Waals surface area contributed by atoms with Gasteiger partial charge in [-0.15, -0.1) is 0 Å². The minimum Gasteiger partial charge on any atom is -0.455 e. The second-order valence-corrected chi connectivity index (χ2v) is 5.36. The summed E-state index contributed by atoms with van der Waals surface area (Å²) in [4.78, 5) is 23.4. The van der Waals surface area contributed by atoms with E-state index in [0.29, 0.717) is 5.69 Å². The smallest absolute Gasteiger partial charge is 0.310 e. The third kappa shape index (κ3) is 5.07. The number of hydrogen-bond acceptors (Lipinski definition) is 3. The van der Waals surface area contributed by atoms with Crippen molar-refractivity contribution < 1.29 is 18.7 Å². The molecule has 0 atom stereocenters. The molecule has 0 radical (unpaired) electrons. The molecule has 4 nitrogen and oxygen atoms in total. The first kappa shape index (κ1) is 17.0. The van der Waals surface area contributed by atoms with Gasteiger partial charge in [0.25, 0.3) is 5.91 Å². The normalized spacial score (nSPS) is 10.2. The van der Waals surface area contributed by atoms with Crippen LogP contribution in [0.4, 0.5) is 10.1 Å². The number of carbonyl (C=O) groups is 2. The zero-order chi connectivity index (χ0) is 16.8. The fourth-order valence-corrected chi connectivity index (χ4v) is 2.19. The molecule has 2 aromatic carbocycles. The first-order valence-electron chi connectivity index (χ1n) is 6.91. The van der Waals surface area contributed by atoms with Crippen LogP contribution in [0, 0.1) is 12.7 Å². The number of anilines is 1. The highest BCUT2D eigenvalue weighted by Crippen LogP contribution is 2.19. The number of ether oxygens (including phenoxy) is 1. The third-order valence-electron chi connectivity index (χ3n) is 3.05. The van der Waals surface area contributed by atoms with Crippen LogP contribution in [0.15, 0.2) is 42.5 Å². The second kappa shape index (κ2) is 7.74. The minimum absolute atomic E-state index is 0.0539. The molecule has 0 saturated carbocycles. The molecule has 1 N–H and O–H groups in total. The van der Waals surface area contributed by atoms with Crippen LogP contribution in [0.1, 0.15) is 11.1 Å². The molecule has 0 aliphatic carbocycles. The lowest BCUT2D eigenvalue weighted by molar-refractivity contribution is -0.146. The number of esters is 1. The average Bonchev–Trinajstić information content (AvgIpc) is 2.49. The van der Waals surface area contributed by atoms with Crippen LogP contribution in [-0.2, 0) is 20.7 Å². The van der Waals surface area contributed by atoms with E-state index in [0.717, 1.165) is 5.56 Å². The van der Waals surface area contributed by atoms with Crippen molar-refractivity contribution in [2.75, 3.05) is 11.9 Å². The van der Waals surface area contributed by atoms with E-state index >= 15 is 0 Å². The average molecular weight is 336 g/mol. The van der Waals surface area contributed by atoms with Gasteiger partial charge in [-0.25, -0.2) is 4.39 Å². The first-order chi connectivity index (χ1) is 11.0. The quantitative estimate of drug-likeness (QED) is 0.851. The molecule has 120 valence electrons. The molecule has 0 fully saturated rings. The monoisotopic (exact) mass is 335 g/mol. The fraction of sp³-hybridized carbons (Fsp3) is 0.176. The largest absolute Gasteiger partial charge is 0.455 e. The van der Waals surface area contributed by atoms with Gasteiger partial charge in [0.05, 0.1) is 6.42 Å². The zero-order valence-corrected chi connectivity index (χ0v) is 13.2. The second-order valence-electron chi connectivity index (χ2n) is 4.96. The van der Waals surface area contributed by atoms with Gasteiger partial charge >= 0.3 is 5.97 Å². The Morgan fingerprint density at radius 1 is 1.22 bits per heavy atom. The van der Waals surface area contributed by atoms with Crippen molar-refractivity contribution in [1.82, 2.24) is 0 Å². The molecular weight excluding hydrogens is 321 g/mol. The van der Waals surface area contributed by atoms with Gasteiger partial charge in [0.1, 0.15) is 5.82 Å². The van der Waals surface area contributed by atoms with Crippen LogP contribution in [0.5, 0.6) is 0 Å². The first-order valence-corrected chi connectivity index (χ1v) is 7.28. The van der Waals surface area contributed by atoms with E-state index < -0.39 is 24.3 Å². The molecule has 0 saturated heterocycles. The summed E-state index contributed by atoms with van der Waals surface area (Å²) in [5.74, 6) is -1.78. The Morgan fingerprint density at radius 3 is 2.65 bits per heavy atom. The number of hydrogen-bond donors (Lipinski definition) is 1. The topological polar surface area (TPSA) is 55.4 Å². The van der Waals surface area contributed by atoms with Gasteiger partial charge in [0, 0.05) is 16.3 Å². The maximum atomic E-state index is 13.6. The molecule has 0 bridgehead atoms. The minimum atomic E-state index is -0.726. The molecular formula is C17H15ClFNO3. The summed E-state index contributed by atoms with van der Waals surface area (Å²) >= 11 is 5.83. The van der Waals surface area contributed by atoms with E-state index in [9.17, 15) is 14.0 Å². The van der Waals surface area contributed by atoms with Crippen LogP contribution in [0.2, 0.25) is 5.02 Å². The number of carbonyl (C=O) groups excluding carboxylic acids is 2. The van der Waals surface area contributed by atoms with Gasteiger partial charge in [0.15, 0.2) is 6.61 Å². The predicted molar refractivity (Wildman–Crippen MR) is 85.9 cm³/mol. The van der Waals surface area contributed by atoms with Gasteiger partial charge in [-0.05, 0) is 36.8 Å². The highest BCUT2D eigenvalue weighted by atomic mass is 35.5. The Labute approximate surface area is 138 Å². The fourth-order valence-electron chi connectivity index (χ4n) is 1.96. The van der Waals surface area contributed by atoms with Gasteiger partial charge in [-0.2, -0.15) is 0 Å². The summed E-state index contributed by atoms with van der Waals surface area (Å²) in [5, 5.41) is 2.75. The molecule has 0 heterocycles. The highest BCUT2D eigenvalue weighted by molar-refractivity contribution is 6.31. The molecule has 6 heteroatoms. The van der Waals surface area contributed by atoms with Crippen molar-refractivity contribution in [3.05, 3.63) is 64.4 Å². The van der Waals surface area contributed by atoms with Crippen molar-refractivity contribution in [2.45, 2.75) is 13.3 Å². The summed E-state index contributed by atoms with van der Waals surface area (Å²) in [6.07, 6.45) is -0.330. The molecule has 0 aliphatic heterocycles. The summed E-state index contributed by atoms with van der Waals surface area (Å²) in [7, 11) is 0. The van der Waals surface area contributed by atoms with E-state index in [2.05, 4.69) is 5.32 Å². The Bertz CT molecular complexity index is 713. The third-order valence-corrected chi connectivity index (χ3v) is 3.40. The summed E-state index contributed by atoms with van der Waals surface area (Å²) in [6.45, 7) is 1.45. The van der Waals surface area contributed by atoms with Crippen molar-refractivity contribution in [1.29, 1.82) is 0 Å². The van der Waals surface area contributed by atoms with Gasteiger partial charge in [-0.1, -0.05) is 29.8 Å². The molecule has 0 spiro atoms. The van der Waals surface area contributed by atoms with E-state index in [4.69, 9.17) is 16.3 Å². The van der Waals surface area contributed by atoms with E-state index in [-0.39, 0.29) is 17.0 Å². The lowest BCUT2D eigenvalue weighted by atomic mass is 10.1. The van der Waals surface area contributed by atoms with Crippen molar-refractivity contribution in [3.8, 4) is 0 Å². The van der Waals surface area contributed by atoms with Gasteiger partial charge in [-0.3, -0.25) is 9.59 Å². The molecule has 0 aromatic heterocycles. The number of nitrogens with one attached hydrogen (secondary N) is 1. The molecule has 0 aliphatic rings. The Balaban J connectivity index is 1.85. The van der Waals surface area contributed by atoms with E-state index in [1.165, 1.54) is 18.2 Å². The lowest BCUT2D eigenvalue weighted by Crippen LogP contribution is -2.22. The zero-order valence-electron chi connectivity index (χ0n) is 12.4. The van der Waals surface area contributed by atoms with Crippen molar-refractivity contribution >= 4 is 29.2 Å². The lowest BCUT2D eigenvalue weighted by Gasteiger charge is -2.08. The number of halogens is 2. The Morgan fingerprint density at radius 2 is 1.96 bits per heavy atom. The Kier molecular flexibility index (Phi) is 5.71. The summed E-state index contributed by atoms with van der Waals surface area (Å²) in [5.41, 5.74) is 1.66. The highest BCUT2D eigenvalue weighted by Gasteiger charge is 2.14. The molecule has 23 heavy (non-hydrogen) atoms. The Hall–Kier alpha value is -2.40. The molecule has 2 rings (SSSR count). The van der Waals surface area contributed by atoms with Crippen LogP contribution in [0.3, 0.4) is 0 Å². The van der Waals surface area contributed by atoms with Crippen LogP contribution >= 0.6 is 11.6 Å². The molecule has 2 aromatic rings. The van der Waals surface area contributed by atoms with Gasteiger partial charge in [0.2, 0.25) is 0 Å². The maximum Gasteiger partial charge on any atom is 0.310 e. The standard InChI is InChI=1S/C17H15ClFNO3/c1-11-4-2-5-12(8-11)20-16(21)10-23-17(22)9-13-14(18)6-3-7-15(13)19/h2-8H,9-10H2,1H3,(H,20,21). The number of aryl methyl sites for hydroxylation is 1. The van der Waals surface area contributed by atoms with E-state index in [1.54, 1.807) is 18.2 Å². The predicted octanol–water partition coefficient (Wildman–Crippen LogP) is 3.51. The van der Waals surface area contributed by atoms with Crippen molar-refractivity contribution in [3.63, 3.8) is 0 Å². The van der Waals surface area contributed by atoms with Crippen LogP contribution < -0.4 is 5.32 Å². The number of benzene rings is 2. The number of rotatable bonds is 5. The van der Waals surface area contributed by atoms with E-state index in [1.807, 2.05) is 13.0 Å². The van der Waals surface area contributed by atoms with Gasteiger partial charge < -0.3 is 10.1 Å². The summed E-state index contributed by atoms with van der Waals surface area (Å²) in [6, 6.07) is 11.4. The summed E-state index contributed by atoms with van der Waals surface area (Å²) < 4.78 is 18.4. The number of amides is 1.